The molecule has 4 rings (SSSR count). The van der Waals surface area contributed by atoms with Crippen molar-refractivity contribution in [1.82, 2.24) is 0 Å². The molecule has 3 aromatic carbocycles. The molecule has 0 aliphatic carbocycles. The molecule has 1 heterocycles. The zero-order valence-corrected chi connectivity index (χ0v) is 22.6. The Morgan fingerprint density at radius 3 is 2.18 bits per heavy atom. The van der Waals surface area contributed by atoms with Gasteiger partial charge in [0.1, 0.15) is 17.3 Å². The van der Waals surface area contributed by atoms with E-state index in [1.165, 1.54) is 4.90 Å². The number of Topliss-reactive ketones (excluding diaryl/α,β-unsaturated/α-hetero) is 1. The van der Waals surface area contributed by atoms with Gasteiger partial charge >= 0.3 is 0 Å². The third kappa shape index (κ3) is 5.59. The molecule has 1 aliphatic heterocycles. The number of hydrogen-bond donors (Lipinski definition) is 1. The maximum atomic E-state index is 13.5. The molecule has 0 radical (unpaired) electrons. The topological polar surface area (TPSA) is 76.1 Å². The van der Waals surface area contributed by atoms with Crippen LogP contribution in [0.1, 0.15) is 63.3 Å². The Balaban J connectivity index is 1.84. The number of rotatable bonds is 9. The maximum Gasteiger partial charge on any atom is 0.300 e. The van der Waals surface area contributed by atoms with Crippen molar-refractivity contribution in [3.63, 3.8) is 0 Å². The summed E-state index contributed by atoms with van der Waals surface area (Å²) in [6.45, 7) is 11.3. The van der Waals surface area contributed by atoms with Gasteiger partial charge < -0.3 is 14.6 Å². The van der Waals surface area contributed by atoms with Gasteiger partial charge in [-0.25, -0.2) is 0 Å². The highest BCUT2D eigenvalue weighted by Crippen LogP contribution is 2.43. The lowest BCUT2D eigenvalue weighted by atomic mass is 9.93. The molecule has 3 aromatic rings. The monoisotopic (exact) mass is 513 g/mol. The minimum absolute atomic E-state index is 0.0437. The number of aliphatic hydroxyl groups is 1. The van der Waals surface area contributed by atoms with Crippen molar-refractivity contribution in [1.29, 1.82) is 0 Å². The lowest BCUT2D eigenvalue weighted by Crippen LogP contribution is -2.29. The van der Waals surface area contributed by atoms with Gasteiger partial charge in [0.15, 0.2) is 0 Å². The summed E-state index contributed by atoms with van der Waals surface area (Å²) in [6, 6.07) is 21.1. The first kappa shape index (κ1) is 27.0. The van der Waals surface area contributed by atoms with Crippen molar-refractivity contribution >= 4 is 23.1 Å². The summed E-state index contributed by atoms with van der Waals surface area (Å²) in [7, 11) is 0. The van der Waals surface area contributed by atoms with Crippen LogP contribution >= 0.6 is 0 Å². The molecule has 198 valence electrons. The standard InChI is InChI=1S/C32H35NO5/c1-6-37-26-16-14-25(15-17-26)33-29(23-12-10-22(11-13-23)21(4)5)28(31(35)32(33)36)30(34)24-8-7-9-27(18-24)38-19-20(2)3/h7-18,20-21,29,34H,6,19H2,1-5H3/b30-28-. The molecule has 0 saturated carbocycles. The molecule has 1 saturated heterocycles. The van der Waals surface area contributed by atoms with E-state index in [1.807, 2.05) is 31.2 Å². The number of nitrogens with zero attached hydrogens (tertiary/aromatic N) is 1. The molecule has 1 amide bonds. The summed E-state index contributed by atoms with van der Waals surface area (Å²) < 4.78 is 11.4. The van der Waals surface area contributed by atoms with Crippen LogP contribution in [0.25, 0.3) is 5.76 Å². The largest absolute Gasteiger partial charge is 0.507 e. The van der Waals surface area contributed by atoms with Crippen LogP contribution in [-0.2, 0) is 9.59 Å². The minimum Gasteiger partial charge on any atom is -0.507 e. The average Bonchev–Trinajstić information content (AvgIpc) is 3.18. The van der Waals surface area contributed by atoms with Crippen molar-refractivity contribution in [2.24, 2.45) is 5.92 Å². The van der Waals surface area contributed by atoms with E-state index in [0.29, 0.717) is 47.8 Å². The van der Waals surface area contributed by atoms with E-state index in [4.69, 9.17) is 9.47 Å². The smallest absolute Gasteiger partial charge is 0.300 e. The maximum absolute atomic E-state index is 13.5. The Morgan fingerprint density at radius 2 is 1.58 bits per heavy atom. The third-order valence-electron chi connectivity index (χ3n) is 6.48. The van der Waals surface area contributed by atoms with E-state index in [1.54, 1.807) is 48.5 Å². The van der Waals surface area contributed by atoms with Crippen molar-refractivity contribution in [3.8, 4) is 11.5 Å². The number of carbonyl (C=O) groups excluding carboxylic acids is 2. The number of ether oxygens (including phenoxy) is 2. The highest BCUT2D eigenvalue weighted by Gasteiger charge is 2.47. The zero-order valence-electron chi connectivity index (χ0n) is 22.6. The first-order valence-electron chi connectivity index (χ1n) is 13.1. The molecule has 1 aliphatic rings. The first-order chi connectivity index (χ1) is 18.2. The van der Waals surface area contributed by atoms with Crippen molar-refractivity contribution < 1.29 is 24.2 Å². The molecule has 6 heteroatoms. The summed E-state index contributed by atoms with van der Waals surface area (Å²) in [5.74, 6) is 0.259. The van der Waals surface area contributed by atoms with Crippen LogP contribution in [0.3, 0.4) is 0 Å². The van der Waals surface area contributed by atoms with Gasteiger partial charge in [-0.05, 0) is 66.3 Å². The van der Waals surface area contributed by atoms with Crippen LogP contribution in [0.5, 0.6) is 11.5 Å². The van der Waals surface area contributed by atoms with Crippen molar-refractivity contribution in [2.45, 2.75) is 46.6 Å². The van der Waals surface area contributed by atoms with Crippen LogP contribution in [0.15, 0.2) is 78.4 Å². The summed E-state index contributed by atoms with van der Waals surface area (Å²) in [5.41, 5.74) is 2.88. The van der Waals surface area contributed by atoms with E-state index < -0.39 is 17.7 Å². The number of hydrogen-bond acceptors (Lipinski definition) is 5. The van der Waals surface area contributed by atoms with E-state index in [-0.39, 0.29) is 11.3 Å². The molecular formula is C32H35NO5. The summed E-state index contributed by atoms with van der Waals surface area (Å²) in [4.78, 5) is 28.4. The predicted molar refractivity (Wildman–Crippen MR) is 150 cm³/mol. The molecule has 0 aromatic heterocycles. The molecule has 0 bridgehead atoms. The SMILES string of the molecule is CCOc1ccc(N2C(=O)C(=O)/C(=C(\O)c3cccc(OCC(C)C)c3)C2c2ccc(C(C)C)cc2)cc1. The van der Waals surface area contributed by atoms with Gasteiger partial charge in [-0.15, -0.1) is 0 Å². The Kier molecular flexibility index (Phi) is 8.20. The van der Waals surface area contributed by atoms with E-state index in [2.05, 4.69) is 27.7 Å². The molecule has 1 N–H and O–H groups in total. The summed E-state index contributed by atoms with van der Waals surface area (Å²) in [6.07, 6.45) is 0. The Labute approximate surface area is 224 Å². The fraction of sp³-hybridized carbons (Fsp3) is 0.312. The number of aliphatic hydroxyl groups excluding tert-OH is 1. The van der Waals surface area contributed by atoms with Gasteiger partial charge in [-0.1, -0.05) is 64.1 Å². The number of amides is 1. The second-order valence-electron chi connectivity index (χ2n) is 10.2. The zero-order chi connectivity index (χ0) is 27.4. The molecular weight excluding hydrogens is 478 g/mol. The van der Waals surface area contributed by atoms with Crippen LogP contribution in [0.4, 0.5) is 5.69 Å². The summed E-state index contributed by atoms with van der Waals surface area (Å²) >= 11 is 0. The van der Waals surface area contributed by atoms with Crippen LogP contribution < -0.4 is 14.4 Å². The fourth-order valence-corrected chi connectivity index (χ4v) is 4.50. The second kappa shape index (κ2) is 11.5. The van der Waals surface area contributed by atoms with Gasteiger partial charge in [0.2, 0.25) is 0 Å². The van der Waals surface area contributed by atoms with E-state index in [9.17, 15) is 14.7 Å². The van der Waals surface area contributed by atoms with Crippen LogP contribution in [-0.4, -0.2) is 30.0 Å². The lowest BCUT2D eigenvalue weighted by molar-refractivity contribution is -0.132. The third-order valence-corrected chi connectivity index (χ3v) is 6.48. The average molecular weight is 514 g/mol. The Bertz CT molecular complexity index is 1320. The Morgan fingerprint density at radius 1 is 0.895 bits per heavy atom. The highest BCUT2D eigenvalue weighted by atomic mass is 16.5. The fourth-order valence-electron chi connectivity index (χ4n) is 4.50. The van der Waals surface area contributed by atoms with Crippen molar-refractivity contribution in [3.05, 3.63) is 95.1 Å². The molecule has 1 unspecified atom stereocenters. The molecule has 38 heavy (non-hydrogen) atoms. The molecule has 1 atom stereocenters. The minimum atomic E-state index is -0.797. The van der Waals surface area contributed by atoms with Gasteiger partial charge in [-0.3, -0.25) is 14.5 Å². The van der Waals surface area contributed by atoms with Crippen molar-refractivity contribution in [2.75, 3.05) is 18.1 Å². The molecule has 6 nitrogen and oxygen atoms in total. The van der Waals surface area contributed by atoms with Crippen LogP contribution in [0.2, 0.25) is 0 Å². The van der Waals surface area contributed by atoms with Gasteiger partial charge in [0.05, 0.1) is 24.8 Å². The van der Waals surface area contributed by atoms with E-state index >= 15 is 0 Å². The lowest BCUT2D eigenvalue weighted by Gasteiger charge is -2.26. The predicted octanol–water partition coefficient (Wildman–Crippen LogP) is 6.87. The summed E-state index contributed by atoms with van der Waals surface area (Å²) in [5, 5.41) is 11.5. The van der Waals surface area contributed by atoms with Gasteiger partial charge in [-0.2, -0.15) is 0 Å². The number of carbonyl (C=O) groups is 2. The number of ketones is 1. The van der Waals surface area contributed by atoms with Gasteiger partial charge in [0, 0.05) is 11.3 Å². The molecule has 1 fully saturated rings. The number of anilines is 1. The number of benzene rings is 3. The normalized spacial score (nSPS) is 16.9. The Hall–Kier alpha value is -4.06. The van der Waals surface area contributed by atoms with Gasteiger partial charge in [0.25, 0.3) is 11.7 Å². The first-order valence-corrected chi connectivity index (χ1v) is 13.1. The highest BCUT2D eigenvalue weighted by molar-refractivity contribution is 6.51. The second-order valence-corrected chi connectivity index (χ2v) is 10.2. The quantitative estimate of drug-likeness (QED) is 0.192. The van der Waals surface area contributed by atoms with Crippen LogP contribution in [0, 0.1) is 5.92 Å². The molecule has 0 spiro atoms. The van der Waals surface area contributed by atoms with E-state index in [0.717, 1.165) is 11.1 Å².